The summed E-state index contributed by atoms with van der Waals surface area (Å²) >= 11 is 6.06. The van der Waals surface area contributed by atoms with Crippen molar-refractivity contribution >= 4 is 35.0 Å². The number of ether oxygens (including phenoxy) is 1. The van der Waals surface area contributed by atoms with E-state index in [4.69, 9.17) is 22.1 Å². The van der Waals surface area contributed by atoms with E-state index >= 15 is 0 Å². The summed E-state index contributed by atoms with van der Waals surface area (Å²) in [5.74, 6) is -0.947. The minimum absolute atomic E-state index is 0.0302. The normalized spacial score (nSPS) is 12.8. The Morgan fingerprint density at radius 1 is 1.13 bits per heavy atom. The van der Waals surface area contributed by atoms with E-state index in [-0.39, 0.29) is 35.3 Å². The Morgan fingerprint density at radius 3 is 2.55 bits per heavy atom. The van der Waals surface area contributed by atoms with Gasteiger partial charge in [0.15, 0.2) is 5.82 Å². The number of anilines is 2. The van der Waals surface area contributed by atoms with E-state index in [0.717, 1.165) is 5.56 Å². The minimum Gasteiger partial charge on any atom is -0.460 e. The van der Waals surface area contributed by atoms with Crippen molar-refractivity contribution in [2.75, 3.05) is 11.9 Å². The number of amides is 1. The zero-order chi connectivity index (χ0) is 28.0. The van der Waals surface area contributed by atoms with Gasteiger partial charge in [-0.05, 0) is 43.0 Å². The predicted molar refractivity (Wildman–Crippen MR) is 145 cm³/mol. The summed E-state index contributed by atoms with van der Waals surface area (Å²) in [7, 11) is 0. The van der Waals surface area contributed by atoms with E-state index in [1.807, 2.05) is 27.7 Å². The van der Waals surface area contributed by atoms with Crippen LogP contribution in [0.4, 0.5) is 15.9 Å². The Labute approximate surface area is 226 Å². The average molecular weight is 543 g/mol. The second-order valence-electron chi connectivity index (χ2n) is 9.55. The first kappa shape index (κ1) is 28.9. The van der Waals surface area contributed by atoms with Crippen LogP contribution in [0.15, 0.2) is 42.9 Å². The molecule has 3 aromatic rings. The van der Waals surface area contributed by atoms with Crippen molar-refractivity contribution in [1.29, 1.82) is 0 Å². The molecule has 2 atom stereocenters. The Bertz CT molecular complexity index is 1300. The van der Waals surface area contributed by atoms with Gasteiger partial charge in [0.2, 0.25) is 0 Å². The van der Waals surface area contributed by atoms with Gasteiger partial charge in [-0.25, -0.2) is 14.4 Å². The molecule has 1 aromatic carbocycles. The topological polar surface area (TPSA) is 132 Å². The molecular weight excluding hydrogens is 511 g/mol. The van der Waals surface area contributed by atoms with Crippen LogP contribution in [0.3, 0.4) is 0 Å². The molecule has 2 aromatic heterocycles. The highest BCUT2D eigenvalue weighted by Crippen LogP contribution is 2.30. The average Bonchev–Trinajstić information content (AvgIpc) is 2.88. The molecule has 1 amide bonds. The summed E-state index contributed by atoms with van der Waals surface area (Å²) in [6.07, 6.45) is 3.98. The lowest BCUT2D eigenvalue weighted by molar-refractivity contribution is -0.150. The number of esters is 1. The number of benzene rings is 1. The van der Waals surface area contributed by atoms with Crippen molar-refractivity contribution in [3.8, 4) is 11.4 Å². The summed E-state index contributed by atoms with van der Waals surface area (Å²) in [5.41, 5.74) is 7.43. The summed E-state index contributed by atoms with van der Waals surface area (Å²) in [5, 5.41) is 6.29. The van der Waals surface area contributed by atoms with Crippen LogP contribution < -0.4 is 16.4 Å². The van der Waals surface area contributed by atoms with Gasteiger partial charge in [0.05, 0.1) is 23.4 Å². The van der Waals surface area contributed by atoms with Crippen molar-refractivity contribution in [3.63, 3.8) is 0 Å². The predicted octanol–water partition coefficient (Wildman–Crippen LogP) is 4.84. The molecule has 0 saturated heterocycles. The number of pyridine rings is 1. The van der Waals surface area contributed by atoms with E-state index in [0.29, 0.717) is 16.5 Å². The molecule has 202 valence electrons. The SMILES string of the molecule is CC(CNC(=O)c1cnccc1Nc1nc(-c2cc(Cl)ccc2F)ncc1C(C)C)OC(=O)C(N)C(C)C. The minimum atomic E-state index is -0.740. The molecule has 0 aliphatic heterocycles. The van der Waals surface area contributed by atoms with E-state index < -0.39 is 29.8 Å². The highest BCUT2D eigenvalue weighted by atomic mass is 35.5. The number of halogens is 2. The molecule has 9 nitrogen and oxygen atoms in total. The lowest BCUT2D eigenvalue weighted by Crippen LogP contribution is -2.41. The Balaban J connectivity index is 1.82. The van der Waals surface area contributed by atoms with Crippen LogP contribution in [0, 0.1) is 11.7 Å². The maximum Gasteiger partial charge on any atom is 0.323 e. The molecular formula is C27H32ClFN6O3. The quantitative estimate of drug-likeness (QED) is 0.310. The van der Waals surface area contributed by atoms with E-state index in [1.54, 1.807) is 19.2 Å². The van der Waals surface area contributed by atoms with Crippen molar-refractivity contribution in [2.24, 2.45) is 11.7 Å². The van der Waals surface area contributed by atoms with Gasteiger partial charge in [-0.2, -0.15) is 0 Å². The fraction of sp³-hybridized carbons (Fsp3) is 0.370. The van der Waals surface area contributed by atoms with Crippen LogP contribution in [0.1, 0.15) is 56.5 Å². The van der Waals surface area contributed by atoms with Crippen molar-refractivity contribution in [2.45, 2.75) is 52.7 Å². The maximum atomic E-state index is 14.5. The van der Waals surface area contributed by atoms with Crippen LogP contribution in [0.2, 0.25) is 5.02 Å². The molecule has 38 heavy (non-hydrogen) atoms. The third-order valence-corrected chi connectivity index (χ3v) is 6.02. The molecule has 3 rings (SSSR count). The molecule has 2 heterocycles. The third kappa shape index (κ3) is 7.23. The van der Waals surface area contributed by atoms with Gasteiger partial charge in [-0.1, -0.05) is 39.3 Å². The zero-order valence-electron chi connectivity index (χ0n) is 22.0. The monoisotopic (exact) mass is 542 g/mol. The molecule has 0 saturated carbocycles. The number of nitrogens with zero attached hydrogens (tertiary/aromatic N) is 3. The number of hydrogen-bond donors (Lipinski definition) is 3. The highest BCUT2D eigenvalue weighted by molar-refractivity contribution is 6.30. The van der Waals surface area contributed by atoms with Gasteiger partial charge >= 0.3 is 5.97 Å². The number of hydrogen-bond acceptors (Lipinski definition) is 8. The summed E-state index contributed by atoms with van der Waals surface area (Å²) in [4.78, 5) is 38.1. The summed E-state index contributed by atoms with van der Waals surface area (Å²) in [6, 6.07) is 5.05. The van der Waals surface area contributed by atoms with Gasteiger partial charge in [0.25, 0.3) is 5.91 Å². The lowest BCUT2D eigenvalue weighted by Gasteiger charge is -2.20. The first-order valence-electron chi connectivity index (χ1n) is 12.3. The molecule has 0 aliphatic carbocycles. The van der Waals surface area contributed by atoms with Crippen molar-refractivity contribution in [3.05, 3.63) is 64.8 Å². The fourth-order valence-electron chi connectivity index (χ4n) is 3.45. The number of carbonyl (C=O) groups excluding carboxylic acids is 2. The number of nitrogens with two attached hydrogens (primary N) is 1. The fourth-order valence-corrected chi connectivity index (χ4v) is 3.62. The van der Waals surface area contributed by atoms with E-state index in [1.165, 1.54) is 30.6 Å². The van der Waals surface area contributed by atoms with Crippen LogP contribution in [-0.4, -0.2) is 45.5 Å². The second kappa shape index (κ2) is 12.7. The molecule has 11 heteroatoms. The molecule has 4 N–H and O–H groups in total. The first-order valence-corrected chi connectivity index (χ1v) is 12.6. The van der Waals surface area contributed by atoms with Gasteiger partial charge in [-0.15, -0.1) is 0 Å². The van der Waals surface area contributed by atoms with Gasteiger partial charge in [-0.3, -0.25) is 14.6 Å². The molecule has 0 spiro atoms. The number of rotatable bonds is 10. The smallest absolute Gasteiger partial charge is 0.323 e. The maximum absolute atomic E-state index is 14.5. The van der Waals surface area contributed by atoms with E-state index in [2.05, 4.69) is 25.6 Å². The van der Waals surface area contributed by atoms with Crippen molar-refractivity contribution < 1.29 is 18.7 Å². The molecule has 0 fully saturated rings. The first-order chi connectivity index (χ1) is 18.0. The largest absolute Gasteiger partial charge is 0.460 e. The van der Waals surface area contributed by atoms with Crippen LogP contribution in [-0.2, 0) is 9.53 Å². The Hall–Kier alpha value is -3.63. The highest BCUT2D eigenvalue weighted by Gasteiger charge is 2.22. The Morgan fingerprint density at radius 2 is 1.87 bits per heavy atom. The second-order valence-corrected chi connectivity index (χ2v) is 9.99. The van der Waals surface area contributed by atoms with Crippen LogP contribution >= 0.6 is 11.6 Å². The van der Waals surface area contributed by atoms with Crippen molar-refractivity contribution in [1.82, 2.24) is 20.3 Å². The van der Waals surface area contributed by atoms with Crippen LogP contribution in [0.5, 0.6) is 0 Å². The Kier molecular flexibility index (Phi) is 9.71. The third-order valence-electron chi connectivity index (χ3n) is 5.78. The summed E-state index contributed by atoms with van der Waals surface area (Å²) in [6.45, 7) is 9.33. The van der Waals surface area contributed by atoms with Crippen LogP contribution in [0.25, 0.3) is 11.4 Å². The molecule has 0 aliphatic rings. The molecule has 2 unspecified atom stereocenters. The standard InChI is InChI=1S/C27H32ClFN6O3/c1-14(2)19-13-32-24(18-10-17(28)6-7-21(18)29)35-25(19)34-22-8-9-31-12-20(22)26(36)33-11-16(5)38-27(37)23(30)15(3)4/h6-10,12-16,23H,11,30H2,1-5H3,(H,33,36)(H,31,32,34,35). The molecule has 0 radical (unpaired) electrons. The summed E-state index contributed by atoms with van der Waals surface area (Å²) < 4.78 is 19.8. The van der Waals surface area contributed by atoms with Gasteiger partial charge in [0, 0.05) is 29.2 Å². The lowest BCUT2D eigenvalue weighted by atomic mass is 10.1. The zero-order valence-corrected chi connectivity index (χ0v) is 22.7. The number of aromatic nitrogens is 3. The molecule has 0 bridgehead atoms. The number of carbonyl (C=O) groups is 2. The number of nitrogens with one attached hydrogen (secondary N) is 2. The van der Waals surface area contributed by atoms with E-state index in [9.17, 15) is 14.0 Å². The van der Waals surface area contributed by atoms with Gasteiger partial charge < -0.3 is 21.1 Å². The van der Waals surface area contributed by atoms with Gasteiger partial charge in [0.1, 0.15) is 23.8 Å².